The first kappa shape index (κ1) is 68.2. The smallest absolute Gasteiger partial charge is 0.317 e. The summed E-state index contributed by atoms with van der Waals surface area (Å²) in [5.41, 5.74) is -5.13. The molecule has 4 saturated heterocycles. The van der Waals surface area contributed by atoms with Crippen molar-refractivity contribution in [2.45, 2.75) is 275 Å². The molecule has 2 unspecified atom stereocenters. The van der Waals surface area contributed by atoms with Crippen LogP contribution in [0.4, 0.5) is 0 Å². The standard InChI is InChI=1S/C60H94O27/c1-24(61)17-36(66)80-25(2)18-37(67)83-45-27(4)82-52(47(46(45)85-50-42(72)39(69)32(64)23-79-50)86-51-43(73)40(70)44(26(3)81-51)84-49-41(71)38(68)31(63)22-78-49)87-54(77)60-16-15-55(5,6)19-29(60)28-11-12-33-56(7)20-30(62)48(74)59(10,53(75)76)34(56)13-14-57(33,8)58(28,9)21-35(60)65/h11,24-27,29-35,38-52,61-65,68-74H,12-23H2,1-10H3,(H,75,76)/t24?,25?,26-,27+,29-,30-,31+,32-,33+,34+,35+,38-,39-,40-,41+,42+,43+,44-,45-,46-,47+,48-,49-,50-,51-,52-,56+,57+,58+,59-,60+/m0/s1. The molecule has 0 spiro atoms. The Labute approximate surface area is 505 Å². The van der Waals surface area contributed by atoms with E-state index in [0.717, 1.165) is 5.57 Å². The van der Waals surface area contributed by atoms with Gasteiger partial charge in [-0.1, -0.05) is 46.3 Å². The summed E-state index contributed by atoms with van der Waals surface area (Å²) in [6.45, 7) is 16.4. The second kappa shape index (κ2) is 25.1. The lowest BCUT2D eigenvalue weighted by molar-refractivity contribution is -0.388. The van der Waals surface area contributed by atoms with Crippen LogP contribution in [0.5, 0.6) is 0 Å². The number of allylic oxidation sites excluding steroid dienone is 2. The molecule has 8 fully saturated rings. The van der Waals surface area contributed by atoms with E-state index in [-0.39, 0.29) is 31.6 Å². The summed E-state index contributed by atoms with van der Waals surface area (Å²) in [5.74, 6) is -5.45. The van der Waals surface area contributed by atoms with E-state index < -0.39 is 229 Å². The van der Waals surface area contributed by atoms with Gasteiger partial charge in [-0.2, -0.15) is 0 Å². The highest BCUT2D eigenvalue weighted by atomic mass is 16.8. The number of carbonyl (C=O) groups is 4. The monoisotopic (exact) mass is 1250 g/mol. The Hall–Kier alpha value is -3.14. The zero-order chi connectivity index (χ0) is 64.2. The molecule has 0 amide bonds. The maximum absolute atomic E-state index is 16.0. The summed E-state index contributed by atoms with van der Waals surface area (Å²) < 4.78 is 60.5. The van der Waals surface area contributed by atoms with E-state index in [9.17, 15) is 80.8 Å². The summed E-state index contributed by atoms with van der Waals surface area (Å²) in [5, 5.41) is 144. The summed E-state index contributed by atoms with van der Waals surface area (Å²) in [7, 11) is 0. The molecule has 27 nitrogen and oxygen atoms in total. The number of esters is 3. The number of aliphatic carboxylic acids is 1. The molecule has 4 saturated carbocycles. The number of aliphatic hydroxyl groups is 12. The molecule has 87 heavy (non-hydrogen) atoms. The largest absolute Gasteiger partial charge is 0.481 e. The molecule has 31 atom stereocenters. The van der Waals surface area contributed by atoms with Gasteiger partial charge in [-0.3, -0.25) is 19.2 Å². The minimum atomic E-state index is -2.10. The number of carboxylic acids is 1. The van der Waals surface area contributed by atoms with Gasteiger partial charge in [-0.15, -0.1) is 0 Å². The average molecular weight is 1250 g/mol. The van der Waals surface area contributed by atoms with Gasteiger partial charge in [0.1, 0.15) is 72.6 Å². The Bertz CT molecular complexity index is 2530. The van der Waals surface area contributed by atoms with Gasteiger partial charge < -0.3 is 114 Å². The highest BCUT2D eigenvalue weighted by molar-refractivity contribution is 5.80. The molecule has 496 valence electrons. The third-order valence-electron chi connectivity index (χ3n) is 22.2. The fourth-order valence-corrected chi connectivity index (χ4v) is 17.1. The van der Waals surface area contributed by atoms with Gasteiger partial charge >= 0.3 is 23.9 Å². The second-order valence-corrected chi connectivity index (χ2v) is 28.4. The summed E-state index contributed by atoms with van der Waals surface area (Å²) >= 11 is 0. The van der Waals surface area contributed by atoms with E-state index in [1.807, 2.05) is 6.92 Å². The SMILES string of the molecule is CC(O)CC(=O)OC(C)CC(=O)O[C@@H]1[C@H](O[C@@H]2OC[C@H](O)[C@H](O)[C@H]2O)[C@@H](O[C@@H]2O[C@@H](C)[C@H](O[C@@H]3OC[C@@H](O)[C@H](O)[C@H]3O)[C@@H](O)[C@H]2O)[C@H](OC(=O)[C@]23CCC(C)(C)C[C@H]2C2=CC[C@@H]4[C@@]5(C)C[C@H](O)[C@H](O)[C@@](C)(C(=O)O)[C@@H]5CC[C@@]4(C)[C@]2(C)C[C@H]3O)O[C@@H]1C. The maximum atomic E-state index is 16.0. The number of carbonyl (C=O) groups excluding carboxylic acids is 3. The molecule has 5 aliphatic carbocycles. The van der Waals surface area contributed by atoms with Gasteiger partial charge in [0.05, 0.1) is 68.1 Å². The zero-order valence-corrected chi connectivity index (χ0v) is 51.1. The summed E-state index contributed by atoms with van der Waals surface area (Å²) in [6, 6.07) is 0. The third kappa shape index (κ3) is 12.0. The predicted molar refractivity (Wildman–Crippen MR) is 293 cm³/mol. The van der Waals surface area contributed by atoms with Crippen molar-refractivity contribution in [2.75, 3.05) is 13.2 Å². The first-order chi connectivity index (χ1) is 40.5. The molecule has 9 rings (SSSR count). The van der Waals surface area contributed by atoms with Gasteiger partial charge in [-0.05, 0) is 125 Å². The minimum Gasteiger partial charge on any atom is -0.481 e. The van der Waals surface area contributed by atoms with Crippen molar-refractivity contribution < 1.29 is 133 Å². The van der Waals surface area contributed by atoms with Crippen molar-refractivity contribution >= 4 is 23.9 Å². The van der Waals surface area contributed by atoms with Crippen molar-refractivity contribution in [1.82, 2.24) is 0 Å². The van der Waals surface area contributed by atoms with E-state index in [1.165, 1.54) is 34.6 Å². The molecule has 27 heteroatoms. The van der Waals surface area contributed by atoms with Crippen molar-refractivity contribution in [1.29, 1.82) is 0 Å². The maximum Gasteiger partial charge on any atom is 0.317 e. The van der Waals surface area contributed by atoms with Gasteiger partial charge in [0.25, 0.3) is 0 Å². The molecule has 0 aromatic rings. The van der Waals surface area contributed by atoms with Crippen LogP contribution in [0.3, 0.4) is 0 Å². The Morgan fingerprint density at radius 3 is 1.77 bits per heavy atom. The summed E-state index contributed by atoms with van der Waals surface area (Å²) in [4.78, 5) is 55.7. The molecule has 0 radical (unpaired) electrons. The number of hydrogen-bond donors (Lipinski definition) is 13. The lowest BCUT2D eigenvalue weighted by Gasteiger charge is -2.71. The number of aliphatic hydroxyl groups excluding tert-OH is 12. The number of ether oxygens (including phenoxy) is 10. The first-order valence-corrected chi connectivity index (χ1v) is 30.7. The number of carboxylic acid groups (broad SMARTS) is 1. The van der Waals surface area contributed by atoms with Crippen LogP contribution in [0.2, 0.25) is 0 Å². The van der Waals surface area contributed by atoms with Crippen LogP contribution in [0.15, 0.2) is 11.6 Å². The van der Waals surface area contributed by atoms with Gasteiger partial charge in [0.2, 0.25) is 6.29 Å². The van der Waals surface area contributed by atoms with Crippen LogP contribution in [0.25, 0.3) is 0 Å². The molecule has 4 aliphatic heterocycles. The molecule has 4 heterocycles. The summed E-state index contributed by atoms with van der Waals surface area (Å²) in [6.07, 6.45) is -34.5. The van der Waals surface area contributed by atoms with Gasteiger partial charge in [-0.25, -0.2) is 0 Å². The van der Waals surface area contributed by atoms with E-state index in [4.69, 9.17) is 47.4 Å². The minimum absolute atomic E-state index is 0.0348. The topological polar surface area (TPSA) is 424 Å². The van der Waals surface area contributed by atoms with Crippen LogP contribution in [-0.4, -0.2) is 245 Å². The number of rotatable bonds is 15. The van der Waals surface area contributed by atoms with E-state index >= 15 is 4.79 Å². The lowest BCUT2D eigenvalue weighted by atomic mass is 9.33. The Morgan fingerprint density at radius 1 is 0.609 bits per heavy atom. The molecule has 9 aliphatic rings. The fourth-order valence-electron chi connectivity index (χ4n) is 17.1. The first-order valence-electron chi connectivity index (χ1n) is 30.7. The quantitative estimate of drug-likeness (QED) is 0.0528. The average Bonchev–Trinajstić information content (AvgIpc) is 0.673. The Morgan fingerprint density at radius 2 is 1.17 bits per heavy atom. The van der Waals surface area contributed by atoms with Crippen LogP contribution in [0.1, 0.15) is 133 Å². The normalized spacial score (nSPS) is 50.3. The van der Waals surface area contributed by atoms with Crippen LogP contribution >= 0.6 is 0 Å². The van der Waals surface area contributed by atoms with Crippen molar-refractivity contribution in [3.8, 4) is 0 Å². The Kier molecular flexibility index (Phi) is 19.7. The molecular formula is C60H94O27. The highest BCUT2D eigenvalue weighted by Crippen LogP contribution is 2.76. The molecule has 0 aromatic carbocycles. The number of fused-ring (bicyclic) bond motifs is 7. The van der Waals surface area contributed by atoms with Gasteiger partial charge in [0.15, 0.2) is 31.1 Å². The van der Waals surface area contributed by atoms with Crippen LogP contribution in [-0.2, 0) is 66.5 Å². The Balaban J connectivity index is 1.08. The lowest BCUT2D eigenvalue weighted by Crippen LogP contribution is -2.70. The van der Waals surface area contributed by atoms with Crippen LogP contribution < -0.4 is 0 Å². The zero-order valence-electron chi connectivity index (χ0n) is 51.1. The molecule has 0 aromatic heterocycles. The third-order valence-corrected chi connectivity index (χ3v) is 22.2. The van der Waals surface area contributed by atoms with Crippen molar-refractivity contribution in [3.63, 3.8) is 0 Å². The molecular weight excluding hydrogens is 1150 g/mol. The van der Waals surface area contributed by atoms with E-state index in [1.54, 1.807) is 0 Å². The molecule has 0 bridgehead atoms. The van der Waals surface area contributed by atoms with Crippen molar-refractivity contribution in [2.24, 2.45) is 50.2 Å². The van der Waals surface area contributed by atoms with E-state index in [0.29, 0.717) is 32.1 Å². The van der Waals surface area contributed by atoms with E-state index in [2.05, 4.69) is 33.8 Å². The molecule has 13 N–H and O–H groups in total. The van der Waals surface area contributed by atoms with Crippen molar-refractivity contribution in [3.05, 3.63) is 11.6 Å². The predicted octanol–water partition coefficient (Wildman–Crippen LogP) is -1.05. The van der Waals surface area contributed by atoms with Crippen LogP contribution in [0, 0.1) is 50.2 Å². The second-order valence-electron chi connectivity index (χ2n) is 28.4. The number of hydrogen-bond acceptors (Lipinski definition) is 26. The van der Waals surface area contributed by atoms with Gasteiger partial charge in [0, 0.05) is 0 Å². The fraction of sp³-hybridized carbons (Fsp3) is 0.900. The highest BCUT2D eigenvalue weighted by Gasteiger charge is 2.74.